The highest BCUT2D eigenvalue weighted by atomic mass is 16.5. The number of nitrogens with zero attached hydrogens (tertiary/aromatic N) is 3. The molecule has 5 nitrogen and oxygen atoms in total. The topological polar surface area (TPSA) is 75.1 Å². The molecule has 0 bridgehead atoms. The van der Waals surface area contributed by atoms with Gasteiger partial charge in [-0.15, -0.1) is 0 Å². The Kier molecular flexibility index (Phi) is 3.71. The Labute approximate surface area is 87.3 Å². The van der Waals surface area contributed by atoms with Gasteiger partial charge in [0.25, 0.3) is 0 Å². The fourth-order valence-electron chi connectivity index (χ4n) is 1.16. The minimum atomic E-state index is -0.469. The molecule has 78 valence electrons. The molecule has 0 radical (unpaired) electrons. The van der Waals surface area contributed by atoms with Crippen LogP contribution in [-0.2, 0) is 4.74 Å². The standard InChI is InChI=1S/C10H11N3O2/c1-3-15-10(14)8-6-7(2)4-5-9(8)12-13-11/h4-6H,3H2,1-2H3. The zero-order chi connectivity index (χ0) is 11.3. The molecule has 1 aromatic carbocycles. The van der Waals surface area contributed by atoms with E-state index in [0.717, 1.165) is 5.56 Å². The second kappa shape index (κ2) is 5.02. The van der Waals surface area contributed by atoms with Crippen molar-refractivity contribution in [3.8, 4) is 0 Å². The molecule has 0 saturated carbocycles. The number of aryl methyl sites for hydroxylation is 1. The van der Waals surface area contributed by atoms with Gasteiger partial charge < -0.3 is 4.74 Å². The van der Waals surface area contributed by atoms with E-state index >= 15 is 0 Å². The van der Waals surface area contributed by atoms with Crippen LogP contribution in [0.15, 0.2) is 23.3 Å². The summed E-state index contributed by atoms with van der Waals surface area (Å²) in [5, 5.41) is 3.43. The van der Waals surface area contributed by atoms with Crippen LogP contribution in [0, 0.1) is 6.92 Å². The van der Waals surface area contributed by atoms with E-state index < -0.39 is 5.97 Å². The highest BCUT2D eigenvalue weighted by Gasteiger charge is 2.11. The number of carbonyl (C=O) groups excluding carboxylic acids is 1. The first kappa shape index (κ1) is 11.1. The Morgan fingerprint density at radius 2 is 2.33 bits per heavy atom. The van der Waals surface area contributed by atoms with E-state index in [1.807, 2.05) is 6.92 Å². The van der Waals surface area contributed by atoms with E-state index in [-0.39, 0.29) is 0 Å². The maximum absolute atomic E-state index is 11.5. The molecule has 0 aliphatic rings. The summed E-state index contributed by atoms with van der Waals surface area (Å²) in [7, 11) is 0. The number of rotatable bonds is 3. The van der Waals surface area contributed by atoms with Crippen molar-refractivity contribution in [1.29, 1.82) is 0 Å². The minimum absolute atomic E-state index is 0.293. The second-order valence-electron chi connectivity index (χ2n) is 2.93. The Morgan fingerprint density at radius 1 is 1.60 bits per heavy atom. The van der Waals surface area contributed by atoms with Crippen LogP contribution in [0.5, 0.6) is 0 Å². The number of hydrogen-bond donors (Lipinski definition) is 0. The van der Waals surface area contributed by atoms with Gasteiger partial charge in [0.15, 0.2) is 0 Å². The summed E-state index contributed by atoms with van der Waals surface area (Å²) in [6.45, 7) is 3.87. The molecule has 0 aromatic heterocycles. The molecular formula is C10H11N3O2. The van der Waals surface area contributed by atoms with Gasteiger partial charge in [-0.05, 0) is 25.4 Å². The first-order chi connectivity index (χ1) is 7.19. The lowest BCUT2D eigenvalue weighted by Crippen LogP contribution is -2.05. The summed E-state index contributed by atoms with van der Waals surface area (Å²) in [4.78, 5) is 14.1. The number of ether oxygens (including phenoxy) is 1. The van der Waals surface area contributed by atoms with Crippen LogP contribution < -0.4 is 0 Å². The van der Waals surface area contributed by atoms with Gasteiger partial charge in [-0.25, -0.2) is 4.79 Å². The van der Waals surface area contributed by atoms with E-state index in [1.165, 1.54) is 0 Å². The van der Waals surface area contributed by atoms with E-state index in [4.69, 9.17) is 10.3 Å². The maximum atomic E-state index is 11.5. The highest BCUT2D eigenvalue weighted by Crippen LogP contribution is 2.21. The van der Waals surface area contributed by atoms with Gasteiger partial charge in [0, 0.05) is 4.91 Å². The van der Waals surface area contributed by atoms with Crippen molar-refractivity contribution in [3.63, 3.8) is 0 Å². The van der Waals surface area contributed by atoms with Crippen LogP contribution in [-0.4, -0.2) is 12.6 Å². The number of hydrogen-bond acceptors (Lipinski definition) is 3. The maximum Gasteiger partial charge on any atom is 0.338 e. The van der Waals surface area contributed by atoms with Crippen LogP contribution in [0.1, 0.15) is 22.8 Å². The molecule has 1 aromatic rings. The normalized spacial score (nSPS) is 9.20. The third kappa shape index (κ3) is 2.72. The van der Waals surface area contributed by atoms with E-state index in [9.17, 15) is 4.79 Å². The van der Waals surface area contributed by atoms with Gasteiger partial charge in [-0.3, -0.25) is 0 Å². The SMILES string of the molecule is CCOC(=O)c1cc(C)ccc1N=[N+]=[N-]. The zero-order valence-electron chi connectivity index (χ0n) is 8.60. The van der Waals surface area contributed by atoms with Gasteiger partial charge in [0.05, 0.1) is 17.9 Å². The molecule has 1 rings (SSSR count). The summed E-state index contributed by atoms with van der Waals surface area (Å²) in [5.41, 5.74) is 9.84. The number of carbonyl (C=O) groups is 1. The summed E-state index contributed by atoms with van der Waals surface area (Å²) in [6, 6.07) is 5.01. The Balaban J connectivity index is 3.17. The molecular weight excluding hydrogens is 194 g/mol. The summed E-state index contributed by atoms with van der Waals surface area (Å²) < 4.78 is 4.85. The Hall–Kier alpha value is -2.00. The molecule has 0 heterocycles. The lowest BCUT2D eigenvalue weighted by Gasteiger charge is -2.05. The van der Waals surface area contributed by atoms with Crippen LogP contribution in [0.2, 0.25) is 0 Å². The number of benzene rings is 1. The van der Waals surface area contributed by atoms with Crippen LogP contribution >= 0.6 is 0 Å². The van der Waals surface area contributed by atoms with Gasteiger partial charge in [-0.1, -0.05) is 22.8 Å². The largest absolute Gasteiger partial charge is 0.462 e. The molecule has 0 N–H and O–H groups in total. The fourth-order valence-corrected chi connectivity index (χ4v) is 1.16. The van der Waals surface area contributed by atoms with Crippen molar-refractivity contribution in [2.75, 3.05) is 6.61 Å². The molecule has 5 heteroatoms. The lowest BCUT2D eigenvalue weighted by atomic mass is 10.1. The second-order valence-corrected chi connectivity index (χ2v) is 2.93. The molecule has 0 amide bonds. The minimum Gasteiger partial charge on any atom is -0.462 e. The summed E-state index contributed by atoms with van der Waals surface area (Å²) in [5.74, 6) is -0.469. The van der Waals surface area contributed by atoms with Crippen molar-refractivity contribution < 1.29 is 9.53 Å². The van der Waals surface area contributed by atoms with E-state index in [2.05, 4.69) is 10.0 Å². The lowest BCUT2D eigenvalue weighted by molar-refractivity contribution is 0.0527. The highest BCUT2D eigenvalue weighted by molar-refractivity contribution is 5.95. The molecule has 0 fully saturated rings. The first-order valence-corrected chi connectivity index (χ1v) is 4.52. The third-order valence-electron chi connectivity index (χ3n) is 1.80. The summed E-state index contributed by atoms with van der Waals surface area (Å²) >= 11 is 0. The smallest absolute Gasteiger partial charge is 0.338 e. The van der Waals surface area contributed by atoms with Gasteiger partial charge in [-0.2, -0.15) is 0 Å². The zero-order valence-corrected chi connectivity index (χ0v) is 8.60. The molecule has 0 aliphatic carbocycles. The number of azide groups is 1. The molecule has 0 saturated heterocycles. The van der Waals surface area contributed by atoms with Gasteiger partial charge in [0.2, 0.25) is 0 Å². The van der Waals surface area contributed by atoms with Crippen LogP contribution in [0.25, 0.3) is 10.4 Å². The Bertz CT molecular complexity index is 423. The van der Waals surface area contributed by atoms with Crippen molar-refractivity contribution in [1.82, 2.24) is 0 Å². The quantitative estimate of drug-likeness (QED) is 0.329. The van der Waals surface area contributed by atoms with Crippen molar-refractivity contribution >= 4 is 11.7 Å². The Morgan fingerprint density at radius 3 is 2.93 bits per heavy atom. The fraction of sp³-hybridized carbons (Fsp3) is 0.300. The molecule has 0 spiro atoms. The number of esters is 1. The van der Waals surface area contributed by atoms with Gasteiger partial charge >= 0.3 is 5.97 Å². The summed E-state index contributed by atoms with van der Waals surface area (Å²) in [6.07, 6.45) is 0. The van der Waals surface area contributed by atoms with Crippen molar-refractivity contribution in [2.24, 2.45) is 5.11 Å². The average molecular weight is 205 g/mol. The molecule has 0 unspecified atom stereocenters. The third-order valence-corrected chi connectivity index (χ3v) is 1.80. The molecule has 15 heavy (non-hydrogen) atoms. The van der Waals surface area contributed by atoms with Crippen molar-refractivity contribution in [2.45, 2.75) is 13.8 Å². The van der Waals surface area contributed by atoms with E-state index in [1.54, 1.807) is 25.1 Å². The molecule has 0 atom stereocenters. The average Bonchev–Trinajstić information content (AvgIpc) is 2.21. The first-order valence-electron chi connectivity index (χ1n) is 4.52. The van der Waals surface area contributed by atoms with Crippen LogP contribution in [0.3, 0.4) is 0 Å². The monoisotopic (exact) mass is 205 g/mol. The van der Waals surface area contributed by atoms with E-state index in [0.29, 0.717) is 17.9 Å². The molecule has 0 aliphatic heterocycles. The predicted molar refractivity (Wildman–Crippen MR) is 55.9 cm³/mol. The predicted octanol–water partition coefficient (Wildman–Crippen LogP) is 3.11. The van der Waals surface area contributed by atoms with Crippen LogP contribution in [0.4, 0.5) is 5.69 Å². The van der Waals surface area contributed by atoms with Crippen molar-refractivity contribution in [3.05, 3.63) is 39.8 Å². The van der Waals surface area contributed by atoms with Gasteiger partial charge in [0.1, 0.15) is 0 Å².